The second-order valence-electron chi connectivity index (χ2n) is 5.56. The lowest BCUT2D eigenvalue weighted by Crippen LogP contribution is -2.15. The molecule has 2 heteroatoms. The minimum absolute atomic E-state index is 0.113. The van der Waals surface area contributed by atoms with E-state index in [1.807, 2.05) is 12.4 Å². The van der Waals surface area contributed by atoms with Crippen LogP contribution in [0, 0.1) is 0 Å². The highest BCUT2D eigenvalue weighted by atomic mass is 14.8. The first-order chi connectivity index (χ1) is 7.07. The molecular weight excluding hydrogens is 184 g/mol. The summed E-state index contributed by atoms with van der Waals surface area (Å²) < 4.78 is 0. The summed E-state index contributed by atoms with van der Waals surface area (Å²) in [4.78, 5) is 9.10. The molecule has 0 aromatic carbocycles. The molecule has 0 radical (unpaired) electrons. The average Bonchev–Trinajstić information content (AvgIpc) is 2.69. The van der Waals surface area contributed by atoms with Crippen molar-refractivity contribution in [1.82, 2.24) is 9.97 Å². The quantitative estimate of drug-likeness (QED) is 0.700. The smallest absolute Gasteiger partial charge is 0.0643 e. The van der Waals surface area contributed by atoms with E-state index >= 15 is 0 Å². The maximum atomic E-state index is 4.76. The van der Waals surface area contributed by atoms with Crippen LogP contribution in [0.3, 0.4) is 0 Å². The Hall–Kier alpha value is -0.920. The molecule has 0 amide bonds. The van der Waals surface area contributed by atoms with E-state index in [0.29, 0.717) is 5.92 Å². The molecule has 15 heavy (non-hydrogen) atoms. The molecule has 1 saturated carbocycles. The molecule has 2 nitrogen and oxygen atoms in total. The van der Waals surface area contributed by atoms with E-state index in [-0.39, 0.29) is 5.41 Å². The summed E-state index contributed by atoms with van der Waals surface area (Å²) in [6, 6.07) is 0. The largest absolute Gasteiger partial charge is 0.261 e. The van der Waals surface area contributed by atoms with Crippen molar-refractivity contribution in [3.63, 3.8) is 0 Å². The lowest BCUT2D eigenvalue weighted by Gasteiger charge is -2.19. The Bertz CT molecular complexity index is 333. The molecule has 0 saturated heterocycles. The molecule has 0 atom stereocenters. The normalized spacial score (nSPS) is 18.3. The van der Waals surface area contributed by atoms with Crippen molar-refractivity contribution in [3.05, 3.63) is 23.8 Å². The molecule has 82 valence electrons. The molecule has 1 aromatic rings. The lowest BCUT2D eigenvalue weighted by atomic mass is 9.92. The highest BCUT2D eigenvalue weighted by Crippen LogP contribution is 2.33. The van der Waals surface area contributed by atoms with Crippen molar-refractivity contribution in [2.45, 2.75) is 57.8 Å². The topological polar surface area (TPSA) is 25.8 Å². The van der Waals surface area contributed by atoms with Crippen LogP contribution in [0.15, 0.2) is 12.4 Å². The summed E-state index contributed by atoms with van der Waals surface area (Å²) in [5.41, 5.74) is 2.44. The van der Waals surface area contributed by atoms with Crippen molar-refractivity contribution in [1.29, 1.82) is 0 Å². The molecule has 1 heterocycles. The van der Waals surface area contributed by atoms with Gasteiger partial charge in [0.1, 0.15) is 0 Å². The first kappa shape index (κ1) is 10.6. The number of rotatable bonds is 1. The molecule has 1 fully saturated rings. The van der Waals surface area contributed by atoms with Crippen LogP contribution < -0.4 is 0 Å². The Morgan fingerprint density at radius 1 is 1.13 bits per heavy atom. The number of hydrogen-bond donors (Lipinski definition) is 0. The summed E-state index contributed by atoms with van der Waals surface area (Å²) in [5.74, 6) is 0.666. The van der Waals surface area contributed by atoms with E-state index in [4.69, 9.17) is 4.98 Å². The van der Waals surface area contributed by atoms with Crippen molar-refractivity contribution < 1.29 is 0 Å². The van der Waals surface area contributed by atoms with Crippen LogP contribution in [-0.2, 0) is 5.41 Å². The van der Waals surface area contributed by atoms with Crippen LogP contribution in [0.4, 0.5) is 0 Å². The third kappa shape index (κ3) is 2.36. The van der Waals surface area contributed by atoms with Gasteiger partial charge in [-0.3, -0.25) is 9.97 Å². The maximum absolute atomic E-state index is 4.76. The highest BCUT2D eigenvalue weighted by molar-refractivity contribution is 5.14. The van der Waals surface area contributed by atoms with Gasteiger partial charge < -0.3 is 0 Å². The third-order valence-corrected chi connectivity index (χ3v) is 3.20. The standard InChI is InChI=1S/C13H20N2/c1-13(2,3)12-9-14-8-11(15-12)10-6-4-5-7-10/h8-10H,4-7H2,1-3H3. The molecule has 1 aliphatic carbocycles. The molecule has 0 unspecified atom stereocenters. The molecular formula is C13H20N2. The summed E-state index contributed by atoms with van der Waals surface area (Å²) in [7, 11) is 0. The highest BCUT2D eigenvalue weighted by Gasteiger charge is 2.21. The van der Waals surface area contributed by atoms with Crippen LogP contribution >= 0.6 is 0 Å². The van der Waals surface area contributed by atoms with Crippen molar-refractivity contribution in [2.24, 2.45) is 0 Å². The SMILES string of the molecule is CC(C)(C)c1cncc(C2CCCC2)n1. The Morgan fingerprint density at radius 3 is 2.40 bits per heavy atom. The zero-order chi connectivity index (χ0) is 10.9. The van der Waals surface area contributed by atoms with E-state index in [2.05, 4.69) is 25.8 Å². The molecule has 1 aliphatic rings. The number of hydrogen-bond acceptors (Lipinski definition) is 2. The molecule has 0 bridgehead atoms. The van der Waals surface area contributed by atoms with Gasteiger partial charge in [0.2, 0.25) is 0 Å². The fraction of sp³-hybridized carbons (Fsp3) is 0.692. The number of aromatic nitrogens is 2. The first-order valence-electron chi connectivity index (χ1n) is 5.90. The Kier molecular flexibility index (Phi) is 2.76. The first-order valence-corrected chi connectivity index (χ1v) is 5.90. The van der Waals surface area contributed by atoms with Gasteiger partial charge in [-0.2, -0.15) is 0 Å². The molecule has 2 rings (SSSR count). The molecule has 0 aliphatic heterocycles. The number of nitrogens with zero attached hydrogens (tertiary/aromatic N) is 2. The van der Waals surface area contributed by atoms with Crippen LogP contribution in [0.2, 0.25) is 0 Å². The summed E-state index contributed by atoms with van der Waals surface area (Å²) in [5, 5.41) is 0. The third-order valence-electron chi connectivity index (χ3n) is 3.20. The monoisotopic (exact) mass is 204 g/mol. The van der Waals surface area contributed by atoms with E-state index in [0.717, 1.165) is 5.69 Å². The van der Waals surface area contributed by atoms with Gasteiger partial charge in [0, 0.05) is 23.7 Å². The summed E-state index contributed by atoms with van der Waals surface area (Å²) >= 11 is 0. The Balaban J connectivity index is 2.26. The lowest BCUT2D eigenvalue weighted by molar-refractivity contribution is 0.554. The summed E-state index contributed by atoms with van der Waals surface area (Å²) in [6.07, 6.45) is 9.15. The second-order valence-corrected chi connectivity index (χ2v) is 5.56. The van der Waals surface area contributed by atoms with Crippen LogP contribution in [0.1, 0.15) is 63.8 Å². The van der Waals surface area contributed by atoms with Gasteiger partial charge in [-0.1, -0.05) is 33.6 Å². The molecule has 0 spiro atoms. The minimum Gasteiger partial charge on any atom is -0.261 e. The summed E-state index contributed by atoms with van der Waals surface area (Å²) in [6.45, 7) is 6.57. The van der Waals surface area contributed by atoms with Crippen LogP contribution in [0.5, 0.6) is 0 Å². The minimum atomic E-state index is 0.113. The van der Waals surface area contributed by atoms with Gasteiger partial charge in [0.25, 0.3) is 0 Å². The second kappa shape index (κ2) is 3.92. The van der Waals surface area contributed by atoms with Gasteiger partial charge in [-0.05, 0) is 12.8 Å². The van der Waals surface area contributed by atoms with E-state index in [9.17, 15) is 0 Å². The van der Waals surface area contributed by atoms with Crippen LogP contribution in [-0.4, -0.2) is 9.97 Å². The molecule has 0 N–H and O–H groups in total. The maximum Gasteiger partial charge on any atom is 0.0643 e. The van der Waals surface area contributed by atoms with E-state index < -0.39 is 0 Å². The van der Waals surface area contributed by atoms with E-state index in [1.54, 1.807) is 0 Å². The Labute approximate surface area is 92.1 Å². The van der Waals surface area contributed by atoms with Crippen molar-refractivity contribution >= 4 is 0 Å². The van der Waals surface area contributed by atoms with Gasteiger partial charge in [0.15, 0.2) is 0 Å². The van der Waals surface area contributed by atoms with Crippen molar-refractivity contribution in [3.8, 4) is 0 Å². The van der Waals surface area contributed by atoms with Gasteiger partial charge in [-0.15, -0.1) is 0 Å². The van der Waals surface area contributed by atoms with E-state index in [1.165, 1.54) is 31.4 Å². The zero-order valence-electron chi connectivity index (χ0n) is 9.95. The van der Waals surface area contributed by atoms with Crippen molar-refractivity contribution in [2.75, 3.05) is 0 Å². The fourth-order valence-corrected chi connectivity index (χ4v) is 2.16. The fourth-order valence-electron chi connectivity index (χ4n) is 2.16. The van der Waals surface area contributed by atoms with Gasteiger partial charge in [-0.25, -0.2) is 0 Å². The van der Waals surface area contributed by atoms with Crippen LogP contribution in [0.25, 0.3) is 0 Å². The average molecular weight is 204 g/mol. The molecule has 1 aromatic heterocycles. The van der Waals surface area contributed by atoms with Gasteiger partial charge in [0.05, 0.1) is 11.4 Å². The Morgan fingerprint density at radius 2 is 1.80 bits per heavy atom. The predicted molar refractivity (Wildman–Crippen MR) is 61.9 cm³/mol. The zero-order valence-corrected chi connectivity index (χ0v) is 9.95. The van der Waals surface area contributed by atoms with Gasteiger partial charge >= 0.3 is 0 Å². The predicted octanol–water partition coefficient (Wildman–Crippen LogP) is 3.43.